The molecular formula is C23H34. The van der Waals surface area contributed by atoms with Crippen LogP contribution >= 0.6 is 0 Å². The van der Waals surface area contributed by atoms with E-state index in [1.165, 1.54) is 44.9 Å². The fourth-order valence-electron chi connectivity index (χ4n) is 5.23. The van der Waals surface area contributed by atoms with Crippen LogP contribution in [0.15, 0.2) is 48.6 Å². The van der Waals surface area contributed by atoms with Gasteiger partial charge in [0.2, 0.25) is 0 Å². The average molecular weight is 311 g/mol. The predicted molar refractivity (Wildman–Crippen MR) is 101 cm³/mol. The van der Waals surface area contributed by atoms with Gasteiger partial charge in [0, 0.05) is 0 Å². The first-order chi connectivity index (χ1) is 11.3. The molecule has 23 heavy (non-hydrogen) atoms. The largest absolute Gasteiger partial charge is 0.0808 e. The maximum Gasteiger partial charge on any atom is -0.0139 e. The molecule has 0 aromatic carbocycles. The van der Waals surface area contributed by atoms with E-state index >= 15 is 0 Å². The van der Waals surface area contributed by atoms with Crippen molar-refractivity contribution in [3.05, 3.63) is 48.6 Å². The third-order valence-electron chi connectivity index (χ3n) is 6.33. The number of fused-ring (bicyclic) bond motifs is 2. The van der Waals surface area contributed by atoms with Crippen molar-refractivity contribution in [2.24, 2.45) is 35.5 Å². The van der Waals surface area contributed by atoms with Gasteiger partial charge < -0.3 is 0 Å². The molecule has 0 spiro atoms. The van der Waals surface area contributed by atoms with Gasteiger partial charge >= 0.3 is 0 Å². The minimum Gasteiger partial charge on any atom is -0.0808 e. The van der Waals surface area contributed by atoms with Crippen LogP contribution in [-0.4, -0.2) is 0 Å². The van der Waals surface area contributed by atoms with Crippen LogP contribution in [0.3, 0.4) is 0 Å². The minimum atomic E-state index is 0.860. The summed E-state index contributed by atoms with van der Waals surface area (Å²) in [6.45, 7) is 4.25. The Balaban J connectivity index is 0.000000485. The van der Waals surface area contributed by atoms with Gasteiger partial charge in [-0.15, -0.1) is 0 Å². The van der Waals surface area contributed by atoms with Gasteiger partial charge in [-0.05, 0) is 74.0 Å². The molecule has 0 radical (unpaired) electrons. The molecule has 0 aliphatic heterocycles. The predicted octanol–water partition coefficient (Wildman–Crippen LogP) is 6.72. The third-order valence-corrected chi connectivity index (χ3v) is 6.33. The Morgan fingerprint density at radius 1 is 0.609 bits per heavy atom. The molecule has 126 valence electrons. The van der Waals surface area contributed by atoms with E-state index in [-0.39, 0.29) is 0 Å². The van der Waals surface area contributed by atoms with Crippen LogP contribution < -0.4 is 0 Å². The van der Waals surface area contributed by atoms with E-state index in [4.69, 9.17) is 0 Å². The first kappa shape index (κ1) is 16.8. The van der Waals surface area contributed by atoms with Crippen molar-refractivity contribution in [1.82, 2.24) is 0 Å². The van der Waals surface area contributed by atoms with E-state index in [0.717, 1.165) is 35.5 Å². The molecule has 0 N–H and O–H groups in total. The van der Waals surface area contributed by atoms with E-state index in [0.29, 0.717) is 0 Å². The molecule has 0 amide bonds. The van der Waals surface area contributed by atoms with Gasteiger partial charge in [0.05, 0.1) is 0 Å². The van der Waals surface area contributed by atoms with E-state index in [2.05, 4.69) is 62.5 Å². The lowest BCUT2D eigenvalue weighted by atomic mass is 9.79. The van der Waals surface area contributed by atoms with Crippen LogP contribution in [-0.2, 0) is 0 Å². The quantitative estimate of drug-likeness (QED) is 0.542. The zero-order valence-corrected chi connectivity index (χ0v) is 15.0. The summed E-state index contributed by atoms with van der Waals surface area (Å²) < 4.78 is 0. The molecule has 4 rings (SSSR count). The van der Waals surface area contributed by atoms with Crippen molar-refractivity contribution in [3.8, 4) is 0 Å². The molecule has 0 heteroatoms. The Labute approximate surface area is 143 Å². The molecule has 0 saturated heterocycles. The Hall–Kier alpha value is -1.04. The Morgan fingerprint density at radius 3 is 1.43 bits per heavy atom. The molecule has 0 bridgehead atoms. The maximum absolute atomic E-state index is 2.49. The Kier molecular flexibility index (Phi) is 5.97. The highest BCUT2D eigenvalue weighted by Gasteiger charge is 2.37. The molecule has 6 unspecified atom stereocenters. The summed E-state index contributed by atoms with van der Waals surface area (Å²) in [5, 5.41) is 0. The van der Waals surface area contributed by atoms with Crippen molar-refractivity contribution in [2.75, 3.05) is 0 Å². The second kappa shape index (κ2) is 8.18. The standard InChI is InChI=1S/C20H26.C3H8/c1-3-7-19-15(5-1)9-11-17(19)13-14-18-12-10-16-6-2-4-8-20(16)18;1-3-2/h1-8,15-20H,9-14H2;3H2,1-2H3. The van der Waals surface area contributed by atoms with Crippen molar-refractivity contribution in [3.63, 3.8) is 0 Å². The van der Waals surface area contributed by atoms with Gasteiger partial charge in [0.15, 0.2) is 0 Å². The fourth-order valence-corrected chi connectivity index (χ4v) is 5.23. The second-order valence-electron chi connectivity index (χ2n) is 7.98. The summed E-state index contributed by atoms with van der Waals surface area (Å²) in [4.78, 5) is 0. The van der Waals surface area contributed by atoms with E-state index in [9.17, 15) is 0 Å². The highest BCUT2D eigenvalue weighted by molar-refractivity contribution is 5.18. The summed E-state index contributed by atoms with van der Waals surface area (Å²) in [6, 6.07) is 0. The fraction of sp³-hybridized carbons (Fsp3) is 0.652. The van der Waals surface area contributed by atoms with Gasteiger partial charge in [-0.3, -0.25) is 0 Å². The third kappa shape index (κ3) is 3.90. The molecule has 2 fully saturated rings. The van der Waals surface area contributed by atoms with Gasteiger partial charge in [0.1, 0.15) is 0 Å². The molecule has 0 aromatic heterocycles. The minimum absolute atomic E-state index is 0.860. The lowest BCUT2D eigenvalue weighted by Crippen LogP contribution is -2.17. The van der Waals surface area contributed by atoms with Gasteiger partial charge in [0.25, 0.3) is 0 Å². The smallest absolute Gasteiger partial charge is 0.0139 e. The second-order valence-corrected chi connectivity index (χ2v) is 7.98. The summed E-state index contributed by atoms with van der Waals surface area (Å²) >= 11 is 0. The molecule has 0 nitrogen and oxygen atoms in total. The normalized spacial score (nSPS) is 39.7. The molecule has 6 atom stereocenters. The lowest BCUT2D eigenvalue weighted by molar-refractivity contribution is 0.316. The molecule has 4 aliphatic rings. The van der Waals surface area contributed by atoms with Crippen LogP contribution in [0.4, 0.5) is 0 Å². The van der Waals surface area contributed by atoms with Crippen LogP contribution in [0, 0.1) is 35.5 Å². The van der Waals surface area contributed by atoms with Crippen molar-refractivity contribution >= 4 is 0 Å². The van der Waals surface area contributed by atoms with E-state index in [1.807, 2.05) is 0 Å². The van der Waals surface area contributed by atoms with Crippen molar-refractivity contribution < 1.29 is 0 Å². The van der Waals surface area contributed by atoms with Crippen molar-refractivity contribution in [2.45, 2.75) is 58.8 Å². The highest BCUT2D eigenvalue weighted by atomic mass is 14.4. The Morgan fingerprint density at radius 2 is 1.00 bits per heavy atom. The van der Waals surface area contributed by atoms with Crippen LogP contribution in [0.5, 0.6) is 0 Å². The number of rotatable bonds is 3. The summed E-state index contributed by atoms with van der Waals surface area (Å²) in [5.41, 5.74) is 0. The highest BCUT2D eigenvalue weighted by Crippen LogP contribution is 2.47. The molecule has 0 heterocycles. The van der Waals surface area contributed by atoms with Crippen LogP contribution in [0.1, 0.15) is 58.8 Å². The Bertz CT molecular complexity index is 434. The summed E-state index contributed by atoms with van der Waals surface area (Å²) in [5.74, 6) is 5.36. The molecule has 4 aliphatic carbocycles. The van der Waals surface area contributed by atoms with Crippen LogP contribution in [0.2, 0.25) is 0 Å². The van der Waals surface area contributed by atoms with Gasteiger partial charge in [-0.1, -0.05) is 68.9 Å². The first-order valence-electron chi connectivity index (χ1n) is 10.0. The van der Waals surface area contributed by atoms with Crippen LogP contribution in [0.25, 0.3) is 0 Å². The van der Waals surface area contributed by atoms with Gasteiger partial charge in [-0.25, -0.2) is 0 Å². The first-order valence-corrected chi connectivity index (χ1v) is 10.0. The van der Waals surface area contributed by atoms with Gasteiger partial charge in [-0.2, -0.15) is 0 Å². The number of allylic oxidation sites excluding steroid dienone is 8. The lowest BCUT2D eigenvalue weighted by Gasteiger charge is -2.26. The zero-order valence-electron chi connectivity index (χ0n) is 15.0. The zero-order chi connectivity index (χ0) is 16.1. The molecule has 0 aromatic rings. The van der Waals surface area contributed by atoms with E-state index < -0.39 is 0 Å². The molecule has 2 saturated carbocycles. The molecular weight excluding hydrogens is 276 g/mol. The topological polar surface area (TPSA) is 0 Å². The monoisotopic (exact) mass is 310 g/mol. The number of hydrogen-bond donors (Lipinski definition) is 0. The summed E-state index contributed by atoms with van der Waals surface area (Å²) in [7, 11) is 0. The maximum atomic E-state index is 2.49. The van der Waals surface area contributed by atoms with Crippen molar-refractivity contribution in [1.29, 1.82) is 0 Å². The van der Waals surface area contributed by atoms with E-state index in [1.54, 1.807) is 0 Å². The summed E-state index contributed by atoms with van der Waals surface area (Å²) in [6.07, 6.45) is 28.9. The SMILES string of the molecule is C1=CC2CCC(CCC3CCC4C=CC=CC43)C2C=C1.CCC. The average Bonchev–Trinajstić information content (AvgIpc) is 3.18. The number of hydrogen-bond acceptors (Lipinski definition) is 0.